The fourth-order valence-electron chi connectivity index (χ4n) is 4.47. The molecule has 2 heteroatoms. The van der Waals surface area contributed by atoms with Crippen LogP contribution in [0.2, 0.25) is 0 Å². The van der Waals surface area contributed by atoms with Crippen molar-refractivity contribution in [1.29, 1.82) is 0 Å². The Bertz CT molecular complexity index is 768. The first-order chi connectivity index (χ1) is 13.1. The van der Waals surface area contributed by atoms with Crippen molar-refractivity contribution >= 4 is 0 Å². The first-order valence-electron chi connectivity index (χ1n) is 10.1. The summed E-state index contributed by atoms with van der Waals surface area (Å²) in [5, 5.41) is 11.8. The SMILES string of the molecule is CCC1([C@@](O)(C#CCN(C)Cc2ccccc2)c2ccccc2)CCCC1. The van der Waals surface area contributed by atoms with Crippen molar-refractivity contribution in [1.82, 2.24) is 4.90 Å². The van der Waals surface area contributed by atoms with Crippen LogP contribution in [0.4, 0.5) is 0 Å². The predicted octanol–water partition coefficient (Wildman–Crippen LogP) is 4.98. The van der Waals surface area contributed by atoms with Crippen LogP contribution in [0.25, 0.3) is 0 Å². The van der Waals surface area contributed by atoms with Crippen molar-refractivity contribution in [2.75, 3.05) is 13.6 Å². The zero-order chi connectivity index (χ0) is 19.2. The van der Waals surface area contributed by atoms with Gasteiger partial charge in [-0.25, -0.2) is 0 Å². The Labute approximate surface area is 164 Å². The minimum atomic E-state index is -1.08. The number of hydrogen-bond donors (Lipinski definition) is 1. The third kappa shape index (κ3) is 4.26. The summed E-state index contributed by atoms with van der Waals surface area (Å²) in [6.45, 7) is 3.70. The van der Waals surface area contributed by atoms with Crippen LogP contribution < -0.4 is 0 Å². The maximum atomic E-state index is 11.8. The largest absolute Gasteiger partial charge is 0.373 e. The van der Waals surface area contributed by atoms with E-state index in [9.17, 15) is 5.11 Å². The second-order valence-electron chi connectivity index (χ2n) is 7.88. The third-order valence-electron chi connectivity index (χ3n) is 6.11. The molecular formula is C25H31NO. The molecule has 2 aromatic carbocycles. The van der Waals surface area contributed by atoms with Gasteiger partial charge in [0.2, 0.25) is 0 Å². The summed E-state index contributed by atoms with van der Waals surface area (Å²) >= 11 is 0. The molecule has 2 nitrogen and oxygen atoms in total. The van der Waals surface area contributed by atoms with Gasteiger partial charge in [-0.3, -0.25) is 4.90 Å². The predicted molar refractivity (Wildman–Crippen MR) is 112 cm³/mol. The molecule has 1 saturated carbocycles. The van der Waals surface area contributed by atoms with Crippen LogP contribution in [0.3, 0.4) is 0 Å². The summed E-state index contributed by atoms with van der Waals surface area (Å²) in [6, 6.07) is 20.5. The third-order valence-corrected chi connectivity index (χ3v) is 6.11. The molecule has 3 rings (SSSR count). The van der Waals surface area contributed by atoms with E-state index in [0.29, 0.717) is 6.54 Å². The minimum Gasteiger partial charge on any atom is -0.373 e. The molecule has 1 N–H and O–H groups in total. The number of nitrogens with zero attached hydrogens (tertiary/aromatic N) is 1. The fraction of sp³-hybridized carbons (Fsp3) is 0.440. The second-order valence-corrected chi connectivity index (χ2v) is 7.88. The van der Waals surface area contributed by atoms with Crippen LogP contribution >= 0.6 is 0 Å². The van der Waals surface area contributed by atoms with Crippen LogP contribution in [-0.2, 0) is 12.1 Å². The van der Waals surface area contributed by atoms with E-state index in [4.69, 9.17) is 0 Å². The Hall–Kier alpha value is -2.08. The molecule has 1 aliphatic rings. The van der Waals surface area contributed by atoms with Gasteiger partial charge in [0.05, 0.1) is 6.54 Å². The van der Waals surface area contributed by atoms with Gasteiger partial charge in [-0.1, -0.05) is 92.3 Å². The van der Waals surface area contributed by atoms with Gasteiger partial charge in [-0.2, -0.15) is 0 Å². The van der Waals surface area contributed by atoms with Crippen molar-refractivity contribution in [3.05, 3.63) is 71.8 Å². The van der Waals surface area contributed by atoms with Crippen molar-refractivity contribution in [3.8, 4) is 11.8 Å². The molecule has 0 spiro atoms. The van der Waals surface area contributed by atoms with E-state index in [0.717, 1.165) is 31.4 Å². The standard InChI is InChI=1S/C25H31NO/c1-3-24(17-10-11-18-24)25(27,23-15-8-5-9-16-23)19-12-20-26(2)21-22-13-6-4-7-14-22/h4-9,13-16,27H,3,10-11,17-18,20-21H2,1-2H3/t25-/m1/s1. The molecule has 27 heavy (non-hydrogen) atoms. The van der Waals surface area contributed by atoms with Gasteiger partial charge in [-0.15, -0.1) is 0 Å². The highest BCUT2D eigenvalue weighted by Crippen LogP contribution is 2.53. The van der Waals surface area contributed by atoms with E-state index in [2.05, 4.69) is 55.0 Å². The molecule has 0 aliphatic heterocycles. The summed E-state index contributed by atoms with van der Waals surface area (Å²) < 4.78 is 0. The average Bonchev–Trinajstić information content (AvgIpc) is 3.20. The number of hydrogen-bond acceptors (Lipinski definition) is 2. The molecule has 1 aliphatic carbocycles. The van der Waals surface area contributed by atoms with Gasteiger partial charge in [0.15, 0.2) is 5.60 Å². The molecular weight excluding hydrogens is 330 g/mol. The van der Waals surface area contributed by atoms with Gasteiger partial charge in [0.1, 0.15) is 0 Å². The number of rotatable bonds is 6. The summed E-state index contributed by atoms with van der Waals surface area (Å²) in [4.78, 5) is 2.20. The molecule has 0 bridgehead atoms. The molecule has 1 fully saturated rings. The highest BCUT2D eigenvalue weighted by atomic mass is 16.3. The summed E-state index contributed by atoms with van der Waals surface area (Å²) in [5.41, 5.74) is 1.000. The lowest BCUT2D eigenvalue weighted by atomic mass is 9.65. The Morgan fingerprint density at radius 2 is 1.59 bits per heavy atom. The monoisotopic (exact) mass is 361 g/mol. The highest BCUT2D eigenvalue weighted by molar-refractivity contribution is 5.36. The van der Waals surface area contributed by atoms with Gasteiger partial charge >= 0.3 is 0 Å². The number of benzene rings is 2. The average molecular weight is 362 g/mol. The topological polar surface area (TPSA) is 23.5 Å². The van der Waals surface area contributed by atoms with Crippen LogP contribution in [0.5, 0.6) is 0 Å². The maximum Gasteiger partial charge on any atom is 0.156 e. The van der Waals surface area contributed by atoms with E-state index in [-0.39, 0.29) is 5.41 Å². The minimum absolute atomic E-state index is 0.140. The fourth-order valence-corrected chi connectivity index (χ4v) is 4.47. The maximum absolute atomic E-state index is 11.8. The lowest BCUT2D eigenvalue weighted by molar-refractivity contribution is -0.0422. The van der Waals surface area contributed by atoms with Crippen LogP contribution in [0.1, 0.15) is 50.2 Å². The lowest BCUT2D eigenvalue weighted by Crippen LogP contribution is -2.43. The summed E-state index contributed by atoms with van der Waals surface area (Å²) in [5.74, 6) is 6.63. The quantitative estimate of drug-likeness (QED) is 0.734. The van der Waals surface area contributed by atoms with Crippen LogP contribution in [-0.4, -0.2) is 23.6 Å². The molecule has 0 amide bonds. The van der Waals surface area contributed by atoms with E-state index >= 15 is 0 Å². The van der Waals surface area contributed by atoms with E-state index in [1.165, 1.54) is 18.4 Å². The smallest absolute Gasteiger partial charge is 0.156 e. The lowest BCUT2D eigenvalue weighted by Gasteiger charge is -2.42. The molecule has 1 atom stereocenters. The highest BCUT2D eigenvalue weighted by Gasteiger charge is 2.50. The molecule has 142 valence electrons. The molecule has 0 unspecified atom stereocenters. The van der Waals surface area contributed by atoms with Crippen molar-refractivity contribution in [2.45, 2.75) is 51.2 Å². The van der Waals surface area contributed by atoms with Crippen LogP contribution in [0.15, 0.2) is 60.7 Å². The van der Waals surface area contributed by atoms with Crippen molar-refractivity contribution in [2.24, 2.45) is 5.41 Å². The summed E-state index contributed by atoms with van der Waals surface area (Å²) in [7, 11) is 2.08. The Morgan fingerprint density at radius 3 is 2.19 bits per heavy atom. The van der Waals surface area contributed by atoms with Gasteiger partial charge in [-0.05, 0) is 37.4 Å². The van der Waals surface area contributed by atoms with E-state index < -0.39 is 5.60 Å². The first kappa shape index (κ1) is 19.7. The zero-order valence-corrected chi connectivity index (χ0v) is 16.6. The second kappa shape index (κ2) is 8.74. The zero-order valence-electron chi connectivity index (χ0n) is 16.6. The molecule has 2 aromatic rings. The molecule has 0 saturated heterocycles. The Morgan fingerprint density at radius 1 is 1.00 bits per heavy atom. The van der Waals surface area contributed by atoms with Crippen molar-refractivity contribution in [3.63, 3.8) is 0 Å². The van der Waals surface area contributed by atoms with E-state index in [1.54, 1.807) is 0 Å². The molecule has 0 heterocycles. The van der Waals surface area contributed by atoms with E-state index in [1.807, 2.05) is 36.4 Å². The van der Waals surface area contributed by atoms with Crippen LogP contribution in [0, 0.1) is 17.3 Å². The Kier molecular flexibility index (Phi) is 6.37. The molecule has 0 aromatic heterocycles. The number of aliphatic hydroxyl groups is 1. The van der Waals surface area contributed by atoms with Gasteiger partial charge in [0, 0.05) is 12.0 Å². The molecule has 0 radical (unpaired) electrons. The normalized spacial score (nSPS) is 17.9. The summed E-state index contributed by atoms with van der Waals surface area (Å²) in [6.07, 6.45) is 5.40. The van der Waals surface area contributed by atoms with Gasteiger partial charge < -0.3 is 5.11 Å². The van der Waals surface area contributed by atoms with Crippen molar-refractivity contribution < 1.29 is 5.11 Å². The first-order valence-corrected chi connectivity index (χ1v) is 10.1. The Balaban J connectivity index is 1.82. The van der Waals surface area contributed by atoms with Gasteiger partial charge in [0.25, 0.3) is 0 Å².